The second-order valence-electron chi connectivity index (χ2n) is 4.75. The number of hydrogen-bond acceptors (Lipinski definition) is 4. The van der Waals surface area contributed by atoms with Gasteiger partial charge >= 0.3 is 0 Å². The Labute approximate surface area is 119 Å². The Morgan fingerprint density at radius 3 is 1.50 bits per heavy atom. The molecule has 4 heteroatoms. The zero-order valence-corrected chi connectivity index (χ0v) is 12.1. The molecule has 0 aliphatic rings. The Morgan fingerprint density at radius 1 is 0.750 bits per heavy atom. The molecule has 0 amide bonds. The van der Waals surface area contributed by atoms with Gasteiger partial charge in [0.25, 0.3) is 0 Å². The Balaban J connectivity index is 2.59. The molecular formula is C16H22N2O2. The van der Waals surface area contributed by atoms with Crippen LogP contribution in [0.2, 0.25) is 0 Å². The van der Waals surface area contributed by atoms with Crippen molar-refractivity contribution in [3.63, 3.8) is 0 Å². The molecule has 2 rings (SSSR count). The van der Waals surface area contributed by atoms with Crippen molar-refractivity contribution in [2.24, 2.45) is 11.5 Å². The molecule has 0 heterocycles. The monoisotopic (exact) mass is 274 g/mol. The minimum atomic E-state index is 0.605. The molecule has 0 atom stereocenters. The number of ether oxygens (including phenoxy) is 2. The van der Waals surface area contributed by atoms with Gasteiger partial charge in [-0.15, -0.1) is 0 Å². The third-order valence-electron chi connectivity index (χ3n) is 3.47. The number of benzene rings is 2. The van der Waals surface area contributed by atoms with E-state index in [0.717, 1.165) is 40.9 Å². The van der Waals surface area contributed by atoms with E-state index in [1.165, 1.54) is 5.39 Å². The van der Waals surface area contributed by atoms with Crippen molar-refractivity contribution in [1.82, 2.24) is 0 Å². The van der Waals surface area contributed by atoms with E-state index in [1.807, 2.05) is 12.1 Å². The van der Waals surface area contributed by atoms with Crippen molar-refractivity contribution >= 4 is 10.8 Å². The molecule has 0 aromatic heterocycles. The highest BCUT2D eigenvalue weighted by Crippen LogP contribution is 2.31. The van der Waals surface area contributed by atoms with E-state index in [-0.39, 0.29) is 0 Å². The fourth-order valence-corrected chi connectivity index (χ4v) is 2.48. The molecule has 0 radical (unpaired) electrons. The number of rotatable bonds is 6. The lowest BCUT2D eigenvalue weighted by molar-refractivity contribution is 0.408. The first-order valence-electron chi connectivity index (χ1n) is 6.81. The second-order valence-corrected chi connectivity index (χ2v) is 4.75. The molecule has 2 aromatic carbocycles. The summed E-state index contributed by atoms with van der Waals surface area (Å²) in [6.07, 6.45) is 1.61. The van der Waals surface area contributed by atoms with E-state index in [9.17, 15) is 0 Å². The van der Waals surface area contributed by atoms with Crippen molar-refractivity contribution in [2.75, 3.05) is 27.3 Å². The van der Waals surface area contributed by atoms with Gasteiger partial charge in [0, 0.05) is 0 Å². The van der Waals surface area contributed by atoms with Crippen LogP contribution >= 0.6 is 0 Å². The maximum atomic E-state index is 5.66. The van der Waals surface area contributed by atoms with E-state index in [2.05, 4.69) is 12.1 Å². The molecule has 0 saturated carbocycles. The Hall–Kier alpha value is -1.78. The van der Waals surface area contributed by atoms with Crippen LogP contribution in [0.25, 0.3) is 10.8 Å². The summed E-state index contributed by atoms with van der Waals surface area (Å²) in [7, 11) is 3.36. The van der Waals surface area contributed by atoms with Gasteiger partial charge in [0.1, 0.15) is 11.5 Å². The SMILES string of the molecule is COc1cc2cc(OC)c(CCN)cc2cc1CCN. The zero-order valence-electron chi connectivity index (χ0n) is 12.1. The van der Waals surface area contributed by atoms with E-state index < -0.39 is 0 Å². The van der Waals surface area contributed by atoms with E-state index >= 15 is 0 Å². The summed E-state index contributed by atoms with van der Waals surface area (Å²) >= 11 is 0. The molecule has 0 bridgehead atoms. The number of nitrogens with two attached hydrogens (primary N) is 2. The van der Waals surface area contributed by atoms with Crippen LogP contribution in [0.15, 0.2) is 24.3 Å². The fraction of sp³-hybridized carbons (Fsp3) is 0.375. The molecule has 0 saturated heterocycles. The van der Waals surface area contributed by atoms with Gasteiger partial charge in [-0.25, -0.2) is 0 Å². The molecule has 4 N–H and O–H groups in total. The lowest BCUT2D eigenvalue weighted by Crippen LogP contribution is -2.05. The van der Waals surface area contributed by atoms with Crippen LogP contribution in [0.4, 0.5) is 0 Å². The van der Waals surface area contributed by atoms with Gasteiger partial charge < -0.3 is 20.9 Å². The summed E-state index contributed by atoms with van der Waals surface area (Å²) in [4.78, 5) is 0. The summed E-state index contributed by atoms with van der Waals surface area (Å²) in [5.74, 6) is 1.74. The Bertz CT molecular complexity index is 548. The first kappa shape index (κ1) is 14.6. The van der Waals surface area contributed by atoms with Gasteiger partial charge in [0.2, 0.25) is 0 Å². The quantitative estimate of drug-likeness (QED) is 0.843. The smallest absolute Gasteiger partial charge is 0.122 e. The van der Waals surface area contributed by atoms with Crippen LogP contribution in [-0.4, -0.2) is 27.3 Å². The van der Waals surface area contributed by atoms with E-state index in [1.54, 1.807) is 14.2 Å². The van der Waals surface area contributed by atoms with Crippen molar-refractivity contribution in [2.45, 2.75) is 12.8 Å². The normalized spacial score (nSPS) is 10.8. The van der Waals surface area contributed by atoms with Crippen LogP contribution in [0, 0.1) is 0 Å². The predicted molar refractivity (Wildman–Crippen MR) is 82.6 cm³/mol. The maximum Gasteiger partial charge on any atom is 0.122 e. The van der Waals surface area contributed by atoms with Gasteiger partial charge in [-0.1, -0.05) is 0 Å². The molecular weight excluding hydrogens is 252 g/mol. The summed E-state index contributed by atoms with van der Waals surface area (Å²) < 4.78 is 10.9. The maximum absolute atomic E-state index is 5.66. The van der Waals surface area contributed by atoms with Crippen molar-refractivity contribution in [3.05, 3.63) is 35.4 Å². The highest BCUT2D eigenvalue weighted by molar-refractivity contribution is 5.87. The van der Waals surface area contributed by atoms with Crippen LogP contribution in [0.3, 0.4) is 0 Å². The summed E-state index contributed by atoms with van der Waals surface area (Å²) in [6.45, 7) is 1.21. The van der Waals surface area contributed by atoms with Gasteiger partial charge in [-0.2, -0.15) is 0 Å². The van der Waals surface area contributed by atoms with E-state index in [4.69, 9.17) is 20.9 Å². The van der Waals surface area contributed by atoms with Crippen LogP contribution in [0.5, 0.6) is 11.5 Å². The Morgan fingerprint density at radius 2 is 1.15 bits per heavy atom. The lowest BCUT2D eigenvalue weighted by atomic mass is 9.99. The molecule has 0 unspecified atom stereocenters. The van der Waals surface area contributed by atoms with Gasteiger partial charge in [-0.3, -0.25) is 0 Å². The van der Waals surface area contributed by atoms with Crippen LogP contribution < -0.4 is 20.9 Å². The topological polar surface area (TPSA) is 70.5 Å². The molecule has 2 aromatic rings. The minimum Gasteiger partial charge on any atom is -0.496 e. The van der Waals surface area contributed by atoms with Crippen molar-refractivity contribution < 1.29 is 9.47 Å². The van der Waals surface area contributed by atoms with Crippen LogP contribution in [-0.2, 0) is 12.8 Å². The molecule has 0 fully saturated rings. The average molecular weight is 274 g/mol. The molecule has 0 spiro atoms. The first-order chi connectivity index (χ1) is 9.73. The van der Waals surface area contributed by atoms with E-state index in [0.29, 0.717) is 13.1 Å². The fourth-order valence-electron chi connectivity index (χ4n) is 2.48. The third kappa shape index (κ3) is 2.86. The minimum absolute atomic E-state index is 0.605. The number of fused-ring (bicyclic) bond motifs is 1. The lowest BCUT2D eigenvalue weighted by Gasteiger charge is -2.13. The third-order valence-corrected chi connectivity index (χ3v) is 3.47. The number of methoxy groups -OCH3 is 2. The number of hydrogen-bond donors (Lipinski definition) is 2. The van der Waals surface area contributed by atoms with Crippen LogP contribution in [0.1, 0.15) is 11.1 Å². The second kappa shape index (κ2) is 6.59. The standard InChI is InChI=1S/C16H22N2O2/c1-19-15-9-14-10-16(20-2)12(4-6-18)8-13(14)7-11(15)3-5-17/h7-10H,3-6,17-18H2,1-2H3. The first-order valence-corrected chi connectivity index (χ1v) is 6.81. The highest BCUT2D eigenvalue weighted by Gasteiger charge is 2.09. The predicted octanol–water partition coefficient (Wildman–Crippen LogP) is 1.86. The molecule has 20 heavy (non-hydrogen) atoms. The zero-order chi connectivity index (χ0) is 14.5. The molecule has 0 aliphatic carbocycles. The molecule has 108 valence electrons. The van der Waals surface area contributed by atoms with Crippen molar-refractivity contribution in [1.29, 1.82) is 0 Å². The molecule has 4 nitrogen and oxygen atoms in total. The van der Waals surface area contributed by atoms with Gasteiger partial charge in [0.05, 0.1) is 14.2 Å². The average Bonchev–Trinajstić information content (AvgIpc) is 2.46. The summed E-state index contributed by atoms with van der Waals surface area (Å²) in [6, 6.07) is 8.35. The van der Waals surface area contributed by atoms with Crippen molar-refractivity contribution in [3.8, 4) is 11.5 Å². The summed E-state index contributed by atoms with van der Waals surface area (Å²) in [5.41, 5.74) is 13.6. The highest BCUT2D eigenvalue weighted by atomic mass is 16.5. The largest absolute Gasteiger partial charge is 0.496 e. The van der Waals surface area contributed by atoms with Gasteiger partial charge in [-0.05, 0) is 72.1 Å². The van der Waals surface area contributed by atoms with Gasteiger partial charge in [0.15, 0.2) is 0 Å². The molecule has 0 aliphatic heterocycles. The Kier molecular flexibility index (Phi) is 4.82. The summed E-state index contributed by atoms with van der Waals surface area (Å²) in [5, 5.41) is 2.26.